The van der Waals surface area contributed by atoms with Crippen LogP contribution in [0.4, 0.5) is 0 Å². The van der Waals surface area contributed by atoms with Crippen LogP contribution >= 0.6 is 11.3 Å². The van der Waals surface area contributed by atoms with E-state index in [1.807, 2.05) is 17.6 Å². The maximum atomic E-state index is 13.0. The Morgan fingerprint density at radius 3 is 2.31 bits per heavy atom. The molecule has 0 spiro atoms. The first kappa shape index (κ1) is 23.5. The summed E-state index contributed by atoms with van der Waals surface area (Å²) in [6.45, 7) is 5.56. The summed E-state index contributed by atoms with van der Waals surface area (Å²) in [7, 11) is 3.05. The lowest BCUT2D eigenvalue weighted by molar-refractivity contribution is 0.0526. The second kappa shape index (κ2) is 10.9. The average molecular weight is 459 g/mol. The largest absolute Gasteiger partial charge is 0.497 e. The number of rotatable bonds is 9. The minimum atomic E-state index is -0.426. The van der Waals surface area contributed by atoms with E-state index in [1.54, 1.807) is 37.3 Å². The molecule has 1 heterocycles. The molecule has 3 rings (SSSR count). The Morgan fingerprint density at radius 1 is 0.969 bits per heavy atom. The molecule has 9 heteroatoms. The minimum absolute atomic E-state index is 0.300. The predicted octanol–water partition coefficient (Wildman–Crippen LogP) is 3.67. The molecule has 0 bridgehead atoms. The van der Waals surface area contributed by atoms with Crippen LogP contribution in [-0.4, -0.2) is 50.5 Å². The van der Waals surface area contributed by atoms with E-state index in [0.29, 0.717) is 53.8 Å². The van der Waals surface area contributed by atoms with E-state index in [-0.39, 0.29) is 5.97 Å². The quantitative estimate of drug-likeness (QED) is 0.359. The van der Waals surface area contributed by atoms with Gasteiger partial charge in [-0.25, -0.2) is 4.79 Å². The maximum Gasteiger partial charge on any atom is 0.338 e. The highest BCUT2D eigenvalue weighted by molar-refractivity contribution is 7.16. The number of carbonyl (C=O) groups excluding carboxylic acids is 2. The molecular formula is C23H26N2O6S. The van der Waals surface area contributed by atoms with Crippen molar-refractivity contribution in [1.82, 2.24) is 4.57 Å². The fourth-order valence-corrected chi connectivity index (χ4v) is 4.19. The summed E-state index contributed by atoms with van der Waals surface area (Å²) in [5.41, 5.74) is 1.66. The Bertz CT molecular complexity index is 1160. The van der Waals surface area contributed by atoms with Gasteiger partial charge in [0.05, 0.1) is 43.2 Å². The third-order valence-electron chi connectivity index (χ3n) is 4.65. The number of benzene rings is 2. The molecule has 0 radical (unpaired) electrons. The Hall–Kier alpha value is -3.17. The first-order chi connectivity index (χ1) is 15.5. The molecule has 8 nitrogen and oxygen atoms in total. The van der Waals surface area contributed by atoms with Crippen LogP contribution in [0.3, 0.4) is 0 Å². The summed E-state index contributed by atoms with van der Waals surface area (Å²) < 4.78 is 23.8. The standard InChI is InChI=1S/C23H26N2O6S/c1-5-30-10-9-25-19-8-7-15(22(27)31-6-2)13-20(19)32-23(25)24-21(26)16-11-17(28-3)14-18(12-16)29-4/h7-8,11-14H,5-6,9-10H2,1-4H3. The van der Waals surface area contributed by atoms with Crippen molar-refractivity contribution < 1.29 is 28.5 Å². The Morgan fingerprint density at radius 2 is 1.69 bits per heavy atom. The first-order valence-electron chi connectivity index (χ1n) is 10.2. The van der Waals surface area contributed by atoms with Gasteiger partial charge in [-0.15, -0.1) is 0 Å². The monoisotopic (exact) mass is 458 g/mol. The molecule has 0 unspecified atom stereocenters. The molecule has 2 aromatic carbocycles. The molecule has 1 aromatic heterocycles. The van der Waals surface area contributed by atoms with Crippen molar-refractivity contribution in [3.05, 3.63) is 52.3 Å². The van der Waals surface area contributed by atoms with Crippen molar-refractivity contribution in [1.29, 1.82) is 0 Å². The second-order valence-corrected chi connectivity index (χ2v) is 7.66. The molecule has 170 valence electrons. The van der Waals surface area contributed by atoms with Crippen LogP contribution in [0, 0.1) is 0 Å². The number of aromatic nitrogens is 1. The van der Waals surface area contributed by atoms with Crippen molar-refractivity contribution in [3.63, 3.8) is 0 Å². The summed E-state index contributed by atoms with van der Waals surface area (Å²) in [6, 6.07) is 10.2. The number of methoxy groups -OCH3 is 2. The lowest BCUT2D eigenvalue weighted by Gasteiger charge is -2.07. The molecule has 0 aliphatic rings. The lowest BCUT2D eigenvalue weighted by Crippen LogP contribution is -2.19. The van der Waals surface area contributed by atoms with Crippen molar-refractivity contribution in [2.24, 2.45) is 4.99 Å². The van der Waals surface area contributed by atoms with Gasteiger partial charge in [-0.05, 0) is 44.2 Å². The SMILES string of the molecule is CCOCCn1c(=NC(=O)c2cc(OC)cc(OC)c2)sc2cc(C(=O)OCC)ccc21. The fourth-order valence-electron chi connectivity index (χ4n) is 3.10. The van der Waals surface area contributed by atoms with Crippen LogP contribution < -0.4 is 14.3 Å². The summed E-state index contributed by atoms with van der Waals surface area (Å²) >= 11 is 1.32. The van der Waals surface area contributed by atoms with Crippen LogP contribution in [0.15, 0.2) is 41.4 Å². The molecule has 0 N–H and O–H groups in total. The van der Waals surface area contributed by atoms with Gasteiger partial charge >= 0.3 is 5.97 Å². The van der Waals surface area contributed by atoms with E-state index in [4.69, 9.17) is 18.9 Å². The number of thiazole rings is 1. The van der Waals surface area contributed by atoms with Gasteiger partial charge in [0.25, 0.3) is 5.91 Å². The molecule has 3 aromatic rings. The summed E-state index contributed by atoms with van der Waals surface area (Å²) in [5, 5.41) is 0. The number of fused-ring (bicyclic) bond motifs is 1. The van der Waals surface area contributed by atoms with Gasteiger partial charge in [-0.3, -0.25) is 4.79 Å². The Kier molecular flexibility index (Phi) is 8.02. The molecule has 0 saturated heterocycles. The topological polar surface area (TPSA) is 88.4 Å². The number of nitrogens with zero attached hydrogens (tertiary/aromatic N) is 2. The zero-order chi connectivity index (χ0) is 23.1. The molecule has 32 heavy (non-hydrogen) atoms. The summed E-state index contributed by atoms with van der Waals surface area (Å²) in [5.74, 6) is 0.191. The number of amides is 1. The second-order valence-electron chi connectivity index (χ2n) is 6.65. The molecular weight excluding hydrogens is 432 g/mol. The van der Waals surface area contributed by atoms with E-state index < -0.39 is 5.91 Å². The van der Waals surface area contributed by atoms with Gasteiger partial charge < -0.3 is 23.5 Å². The highest BCUT2D eigenvalue weighted by Crippen LogP contribution is 2.24. The minimum Gasteiger partial charge on any atom is -0.497 e. The van der Waals surface area contributed by atoms with E-state index >= 15 is 0 Å². The number of esters is 1. The van der Waals surface area contributed by atoms with Crippen molar-refractivity contribution in [2.45, 2.75) is 20.4 Å². The normalized spacial score (nSPS) is 11.6. The van der Waals surface area contributed by atoms with Crippen LogP contribution in [0.25, 0.3) is 10.2 Å². The van der Waals surface area contributed by atoms with E-state index in [1.165, 1.54) is 25.6 Å². The summed E-state index contributed by atoms with van der Waals surface area (Å²) in [4.78, 5) is 30.0. The van der Waals surface area contributed by atoms with Crippen molar-refractivity contribution >= 4 is 33.4 Å². The predicted molar refractivity (Wildman–Crippen MR) is 122 cm³/mol. The zero-order valence-corrected chi connectivity index (χ0v) is 19.4. The lowest BCUT2D eigenvalue weighted by atomic mass is 10.2. The van der Waals surface area contributed by atoms with Gasteiger partial charge in [0.15, 0.2) is 4.80 Å². The number of ether oxygens (including phenoxy) is 4. The highest BCUT2D eigenvalue weighted by Gasteiger charge is 2.14. The average Bonchev–Trinajstić information content (AvgIpc) is 3.15. The molecule has 1 amide bonds. The number of carbonyl (C=O) groups is 2. The molecule has 0 aliphatic carbocycles. The first-order valence-corrected chi connectivity index (χ1v) is 11.0. The molecule has 0 aliphatic heterocycles. The smallest absolute Gasteiger partial charge is 0.338 e. The third-order valence-corrected chi connectivity index (χ3v) is 5.69. The number of hydrogen-bond acceptors (Lipinski definition) is 7. The van der Waals surface area contributed by atoms with Gasteiger partial charge in [0, 0.05) is 24.8 Å². The number of hydrogen-bond donors (Lipinski definition) is 0. The molecule has 0 saturated carbocycles. The van der Waals surface area contributed by atoms with Gasteiger partial charge in [-0.2, -0.15) is 4.99 Å². The molecule has 0 fully saturated rings. The van der Waals surface area contributed by atoms with Gasteiger partial charge in [0.2, 0.25) is 0 Å². The highest BCUT2D eigenvalue weighted by atomic mass is 32.1. The Labute approximate surface area is 190 Å². The van der Waals surface area contributed by atoms with E-state index in [0.717, 1.165) is 10.2 Å². The van der Waals surface area contributed by atoms with Crippen LogP contribution in [0.1, 0.15) is 34.6 Å². The van der Waals surface area contributed by atoms with E-state index in [9.17, 15) is 9.59 Å². The fraction of sp³-hybridized carbons (Fsp3) is 0.348. The Balaban J connectivity index is 2.08. The summed E-state index contributed by atoms with van der Waals surface area (Å²) in [6.07, 6.45) is 0. The maximum absolute atomic E-state index is 13.0. The van der Waals surface area contributed by atoms with Gasteiger partial charge in [0.1, 0.15) is 11.5 Å². The van der Waals surface area contributed by atoms with Crippen LogP contribution in [-0.2, 0) is 16.0 Å². The van der Waals surface area contributed by atoms with Crippen molar-refractivity contribution in [3.8, 4) is 11.5 Å². The molecule has 0 atom stereocenters. The van der Waals surface area contributed by atoms with E-state index in [2.05, 4.69) is 4.99 Å². The van der Waals surface area contributed by atoms with Crippen molar-refractivity contribution in [2.75, 3.05) is 34.0 Å². The third kappa shape index (κ3) is 5.35. The zero-order valence-electron chi connectivity index (χ0n) is 18.5. The van der Waals surface area contributed by atoms with Crippen LogP contribution in [0.5, 0.6) is 11.5 Å². The van der Waals surface area contributed by atoms with Crippen LogP contribution in [0.2, 0.25) is 0 Å². The van der Waals surface area contributed by atoms with Gasteiger partial charge in [-0.1, -0.05) is 11.3 Å².